The molecule has 96 valence electrons. The lowest BCUT2D eigenvalue weighted by molar-refractivity contribution is -0.120. The van der Waals surface area contributed by atoms with E-state index in [0.29, 0.717) is 12.2 Å². The maximum atomic E-state index is 12.2. The second-order valence-electron chi connectivity index (χ2n) is 5.41. The van der Waals surface area contributed by atoms with E-state index in [1.165, 1.54) is 22.3 Å². The number of benzene rings is 2. The van der Waals surface area contributed by atoms with E-state index in [0.717, 1.165) is 12.8 Å². The molecular formula is C18H18O. The Labute approximate surface area is 114 Å². The molecule has 1 heteroatoms. The number of hydrogen-bond donors (Lipinski definition) is 0. The number of aryl methyl sites for hydroxylation is 2. The summed E-state index contributed by atoms with van der Waals surface area (Å²) in [6.07, 6.45) is 2.42. The molecule has 0 aliphatic heterocycles. The molecule has 1 atom stereocenters. The summed E-state index contributed by atoms with van der Waals surface area (Å²) in [5.74, 6) is 0.437. The Morgan fingerprint density at radius 3 is 2.63 bits per heavy atom. The first-order valence-corrected chi connectivity index (χ1v) is 6.90. The molecule has 0 bridgehead atoms. The summed E-state index contributed by atoms with van der Waals surface area (Å²) in [6.45, 7) is 2.11. The van der Waals surface area contributed by atoms with Crippen molar-refractivity contribution in [2.75, 3.05) is 0 Å². The molecule has 1 aliphatic rings. The fourth-order valence-corrected chi connectivity index (χ4v) is 2.97. The smallest absolute Gasteiger partial charge is 0.141 e. The van der Waals surface area contributed by atoms with Crippen molar-refractivity contribution in [1.29, 1.82) is 0 Å². The Morgan fingerprint density at radius 2 is 1.84 bits per heavy atom. The number of rotatable bonds is 2. The Bertz CT molecular complexity index is 598. The summed E-state index contributed by atoms with van der Waals surface area (Å²) in [7, 11) is 0. The van der Waals surface area contributed by atoms with E-state index in [1.54, 1.807) is 0 Å². The van der Waals surface area contributed by atoms with Gasteiger partial charge in [0.1, 0.15) is 5.78 Å². The van der Waals surface area contributed by atoms with E-state index >= 15 is 0 Å². The summed E-state index contributed by atoms with van der Waals surface area (Å²) >= 11 is 0. The molecule has 0 saturated carbocycles. The van der Waals surface area contributed by atoms with Crippen LogP contribution in [-0.2, 0) is 17.6 Å². The topological polar surface area (TPSA) is 17.1 Å². The van der Waals surface area contributed by atoms with Crippen molar-refractivity contribution in [2.24, 2.45) is 0 Å². The van der Waals surface area contributed by atoms with Gasteiger partial charge in [0.15, 0.2) is 0 Å². The quantitative estimate of drug-likeness (QED) is 0.791. The van der Waals surface area contributed by atoms with Gasteiger partial charge in [0, 0.05) is 12.3 Å². The molecule has 1 nitrogen and oxygen atoms in total. The monoisotopic (exact) mass is 250 g/mol. The maximum absolute atomic E-state index is 12.2. The van der Waals surface area contributed by atoms with Gasteiger partial charge < -0.3 is 0 Å². The van der Waals surface area contributed by atoms with Crippen LogP contribution in [0, 0.1) is 6.92 Å². The highest BCUT2D eigenvalue weighted by Crippen LogP contribution is 2.32. The van der Waals surface area contributed by atoms with Gasteiger partial charge in [-0.25, -0.2) is 0 Å². The number of carbonyl (C=O) groups excluding carboxylic acids is 1. The average molecular weight is 250 g/mol. The fraction of sp³-hybridized carbons (Fsp3) is 0.278. The van der Waals surface area contributed by atoms with Crippen molar-refractivity contribution >= 4 is 5.78 Å². The van der Waals surface area contributed by atoms with Crippen molar-refractivity contribution in [3.05, 3.63) is 70.8 Å². The van der Waals surface area contributed by atoms with Crippen molar-refractivity contribution in [2.45, 2.75) is 32.1 Å². The number of fused-ring (bicyclic) bond motifs is 1. The largest absolute Gasteiger partial charge is 0.299 e. The zero-order valence-corrected chi connectivity index (χ0v) is 11.2. The zero-order chi connectivity index (χ0) is 13.2. The molecule has 1 unspecified atom stereocenters. The molecule has 0 fully saturated rings. The van der Waals surface area contributed by atoms with Crippen LogP contribution in [0.3, 0.4) is 0 Å². The van der Waals surface area contributed by atoms with E-state index < -0.39 is 0 Å². The predicted octanol–water partition coefficient (Wildman–Crippen LogP) is 3.84. The number of ketones is 1. The van der Waals surface area contributed by atoms with Crippen LogP contribution < -0.4 is 0 Å². The van der Waals surface area contributed by atoms with Crippen LogP contribution in [0.2, 0.25) is 0 Å². The van der Waals surface area contributed by atoms with Gasteiger partial charge in [0.05, 0.1) is 0 Å². The zero-order valence-electron chi connectivity index (χ0n) is 11.2. The molecule has 2 aromatic rings. The first-order chi connectivity index (χ1) is 9.24. The summed E-state index contributed by atoms with van der Waals surface area (Å²) in [5.41, 5.74) is 5.13. The molecule has 0 spiro atoms. The van der Waals surface area contributed by atoms with Gasteiger partial charge in [-0.05, 0) is 36.5 Å². The van der Waals surface area contributed by atoms with E-state index in [9.17, 15) is 4.79 Å². The minimum atomic E-state index is 0.0479. The molecule has 0 saturated heterocycles. The first kappa shape index (κ1) is 12.2. The highest BCUT2D eigenvalue weighted by Gasteiger charge is 2.27. The summed E-state index contributed by atoms with van der Waals surface area (Å²) in [6, 6.07) is 16.8. The van der Waals surface area contributed by atoms with Gasteiger partial charge in [0.25, 0.3) is 0 Å². The molecule has 3 rings (SSSR count). The van der Waals surface area contributed by atoms with Gasteiger partial charge in [-0.2, -0.15) is 0 Å². The Balaban J connectivity index is 1.95. The van der Waals surface area contributed by atoms with Crippen molar-refractivity contribution in [3.8, 4) is 0 Å². The van der Waals surface area contributed by atoms with Crippen molar-refractivity contribution in [1.82, 2.24) is 0 Å². The highest BCUT2D eigenvalue weighted by atomic mass is 16.1. The van der Waals surface area contributed by atoms with Gasteiger partial charge >= 0.3 is 0 Å². The van der Waals surface area contributed by atoms with Gasteiger partial charge in [-0.1, -0.05) is 54.1 Å². The Morgan fingerprint density at radius 1 is 1.05 bits per heavy atom. The highest BCUT2D eigenvalue weighted by molar-refractivity contribution is 5.88. The third-order valence-electron chi connectivity index (χ3n) is 3.99. The summed E-state index contributed by atoms with van der Waals surface area (Å²) in [4.78, 5) is 12.2. The molecule has 19 heavy (non-hydrogen) atoms. The van der Waals surface area contributed by atoms with Crippen LogP contribution in [0.5, 0.6) is 0 Å². The summed E-state index contributed by atoms with van der Waals surface area (Å²) in [5, 5.41) is 0. The fourth-order valence-electron chi connectivity index (χ4n) is 2.97. The molecule has 0 N–H and O–H groups in total. The standard InChI is InChI=1S/C18H18O/c1-13-7-9-16-15(11-13)8-10-18(19)17(16)12-14-5-3-2-4-6-14/h2-7,9,11,17H,8,10,12H2,1H3. The molecule has 2 aromatic carbocycles. The van der Waals surface area contributed by atoms with Crippen LogP contribution in [-0.4, -0.2) is 5.78 Å². The average Bonchev–Trinajstić information content (AvgIpc) is 2.43. The normalized spacial score (nSPS) is 18.2. The number of hydrogen-bond acceptors (Lipinski definition) is 1. The van der Waals surface area contributed by atoms with E-state index in [-0.39, 0.29) is 5.92 Å². The van der Waals surface area contributed by atoms with E-state index in [1.807, 2.05) is 18.2 Å². The van der Waals surface area contributed by atoms with Crippen molar-refractivity contribution < 1.29 is 4.79 Å². The summed E-state index contributed by atoms with van der Waals surface area (Å²) < 4.78 is 0. The number of carbonyl (C=O) groups is 1. The van der Waals surface area contributed by atoms with Crippen LogP contribution in [0.25, 0.3) is 0 Å². The predicted molar refractivity (Wildman–Crippen MR) is 77.4 cm³/mol. The third kappa shape index (κ3) is 2.46. The van der Waals surface area contributed by atoms with Gasteiger partial charge in [0.2, 0.25) is 0 Å². The molecule has 1 aliphatic carbocycles. The lowest BCUT2D eigenvalue weighted by atomic mass is 9.78. The maximum Gasteiger partial charge on any atom is 0.141 e. The Kier molecular flexibility index (Phi) is 3.20. The minimum absolute atomic E-state index is 0.0479. The van der Waals surface area contributed by atoms with E-state index in [4.69, 9.17) is 0 Å². The van der Waals surface area contributed by atoms with E-state index in [2.05, 4.69) is 37.3 Å². The van der Waals surface area contributed by atoms with Crippen LogP contribution in [0.4, 0.5) is 0 Å². The Hall–Kier alpha value is -1.89. The van der Waals surface area contributed by atoms with Crippen LogP contribution in [0.1, 0.15) is 34.6 Å². The van der Waals surface area contributed by atoms with Crippen LogP contribution in [0.15, 0.2) is 48.5 Å². The second-order valence-corrected chi connectivity index (χ2v) is 5.41. The second kappa shape index (κ2) is 5.00. The SMILES string of the molecule is Cc1ccc2c(c1)CCC(=O)C2Cc1ccccc1. The van der Waals surface area contributed by atoms with Gasteiger partial charge in [-0.15, -0.1) is 0 Å². The third-order valence-corrected chi connectivity index (χ3v) is 3.99. The minimum Gasteiger partial charge on any atom is -0.299 e. The van der Waals surface area contributed by atoms with Crippen LogP contribution >= 0.6 is 0 Å². The lowest BCUT2D eigenvalue weighted by Crippen LogP contribution is -2.22. The molecule has 0 heterocycles. The molecular weight excluding hydrogens is 232 g/mol. The first-order valence-electron chi connectivity index (χ1n) is 6.90. The van der Waals surface area contributed by atoms with Crippen molar-refractivity contribution in [3.63, 3.8) is 0 Å². The van der Waals surface area contributed by atoms with Gasteiger partial charge in [-0.3, -0.25) is 4.79 Å². The molecule has 0 amide bonds. The lowest BCUT2D eigenvalue weighted by Gasteiger charge is -2.25. The number of Topliss-reactive ketones (excluding diaryl/α,β-unsaturated/α-hetero) is 1. The molecule has 0 radical (unpaired) electrons. The molecule has 0 aromatic heterocycles.